The van der Waals surface area contributed by atoms with Crippen molar-refractivity contribution >= 4 is 28.5 Å². The first kappa shape index (κ1) is 12.4. The van der Waals surface area contributed by atoms with Gasteiger partial charge in [-0.05, 0) is 25.1 Å². The Kier molecular flexibility index (Phi) is 3.20. The van der Waals surface area contributed by atoms with Gasteiger partial charge in [0, 0.05) is 0 Å². The van der Waals surface area contributed by atoms with Crippen LogP contribution in [0.2, 0.25) is 0 Å². The molecule has 0 aliphatic rings. The molecule has 6 nitrogen and oxygen atoms in total. The second-order valence-electron chi connectivity index (χ2n) is 3.62. The second-order valence-corrected chi connectivity index (χ2v) is 4.23. The number of aromatic amines is 2. The average molecular weight is 269 g/mol. The van der Waals surface area contributed by atoms with Crippen LogP contribution in [0.1, 0.15) is 17.3 Å². The van der Waals surface area contributed by atoms with Gasteiger partial charge in [-0.1, -0.05) is 11.6 Å². The predicted molar refractivity (Wildman–Crippen MR) is 65.9 cm³/mol. The lowest BCUT2D eigenvalue weighted by atomic mass is 10.1. The molecule has 1 heterocycles. The number of alkyl halides is 1. The summed E-state index contributed by atoms with van der Waals surface area (Å²) in [7, 11) is 0. The summed E-state index contributed by atoms with van der Waals surface area (Å²) in [5.41, 5.74) is -1.44. The van der Waals surface area contributed by atoms with Crippen LogP contribution in [0, 0.1) is 0 Å². The number of aromatic nitrogens is 2. The standard InChI is InChI=1S/C11H9ClN2O4/c1-5(12)18-10(16)6-2-3-7-8(4-6)13-11(17)14-9(7)15/h2-5H,1H3,(H2,13,14,15,17). The van der Waals surface area contributed by atoms with E-state index in [1.54, 1.807) is 0 Å². The molecule has 0 bridgehead atoms. The van der Waals surface area contributed by atoms with Crippen molar-refractivity contribution in [3.05, 3.63) is 44.6 Å². The first-order valence-electron chi connectivity index (χ1n) is 5.09. The van der Waals surface area contributed by atoms with E-state index in [1.807, 2.05) is 0 Å². The molecule has 1 atom stereocenters. The maximum absolute atomic E-state index is 11.6. The molecular formula is C11H9ClN2O4. The minimum Gasteiger partial charge on any atom is -0.443 e. The topological polar surface area (TPSA) is 92.0 Å². The number of carbonyl (C=O) groups excluding carboxylic acids is 1. The van der Waals surface area contributed by atoms with E-state index in [1.165, 1.54) is 25.1 Å². The van der Waals surface area contributed by atoms with Crippen molar-refractivity contribution in [3.63, 3.8) is 0 Å². The van der Waals surface area contributed by atoms with Crippen LogP contribution in [0.25, 0.3) is 10.9 Å². The number of fused-ring (bicyclic) bond motifs is 1. The Morgan fingerprint density at radius 3 is 2.72 bits per heavy atom. The summed E-state index contributed by atoms with van der Waals surface area (Å²) in [5, 5.41) is 0.282. The zero-order chi connectivity index (χ0) is 13.3. The maximum Gasteiger partial charge on any atom is 0.339 e. The van der Waals surface area contributed by atoms with Crippen molar-refractivity contribution in [2.24, 2.45) is 0 Å². The first-order valence-corrected chi connectivity index (χ1v) is 5.52. The van der Waals surface area contributed by atoms with Crippen LogP contribution < -0.4 is 11.2 Å². The number of halogens is 1. The Morgan fingerprint density at radius 1 is 1.33 bits per heavy atom. The SMILES string of the molecule is CC(Cl)OC(=O)c1ccc2c(=O)[nH]c(=O)[nH]c2c1. The average Bonchev–Trinajstić information content (AvgIpc) is 2.26. The first-order chi connectivity index (χ1) is 8.47. The number of carbonyl (C=O) groups is 1. The Bertz CT molecular complexity index is 717. The number of hydrogen-bond donors (Lipinski definition) is 2. The summed E-state index contributed by atoms with van der Waals surface area (Å²) >= 11 is 5.54. The van der Waals surface area contributed by atoms with Gasteiger partial charge in [0.25, 0.3) is 5.56 Å². The zero-order valence-electron chi connectivity index (χ0n) is 9.32. The smallest absolute Gasteiger partial charge is 0.339 e. The number of H-pyrrole nitrogens is 2. The molecule has 0 spiro atoms. The molecular weight excluding hydrogens is 260 g/mol. The van der Waals surface area contributed by atoms with Crippen molar-refractivity contribution in [1.82, 2.24) is 9.97 Å². The molecule has 2 N–H and O–H groups in total. The van der Waals surface area contributed by atoms with E-state index in [0.717, 1.165) is 0 Å². The zero-order valence-corrected chi connectivity index (χ0v) is 10.1. The number of benzene rings is 1. The molecule has 18 heavy (non-hydrogen) atoms. The molecule has 0 aliphatic carbocycles. The molecule has 0 amide bonds. The normalized spacial score (nSPS) is 12.3. The molecule has 0 saturated carbocycles. The van der Waals surface area contributed by atoms with Crippen LogP contribution in [0.5, 0.6) is 0 Å². The summed E-state index contributed by atoms with van der Waals surface area (Å²) < 4.78 is 4.79. The van der Waals surface area contributed by atoms with Gasteiger partial charge in [-0.25, -0.2) is 9.59 Å². The fourth-order valence-corrected chi connectivity index (χ4v) is 1.59. The highest BCUT2D eigenvalue weighted by atomic mass is 35.5. The second kappa shape index (κ2) is 4.66. The van der Waals surface area contributed by atoms with E-state index in [2.05, 4.69) is 9.97 Å². The summed E-state index contributed by atoms with van der Waals surface area (Å²) in [5.74, 6) is -0.625. The molecule has 7 heteroatoms. The van der Waals surface area contributed by atoms with Gasteiger partial charge in [0.1, 0.15) is 0 Å². The van der Waals surface area contributed by atoms with Gasteiger partial charge in [-0.3, -0.25) is 9.78 Å². The van der Waals surface area contributed by atoms with Crippen LogP contribution in [0.15, 0.2) is 27.8 Å². The van der Waals surface area contributed by atoms with Gasteiger partial charge in [0.2, 0.25) is 0 Å². The lowest BCUT2D eigenvalue weighted by molar-refractivity contribution is 0.0472. The fraction of sp³-hybridized carbons (Fsp3) is 0.182. The van der Waals surface area contributed by atoms with Crippen molar-refractivity contribution in [2.75, 3.05) is 0 Å². The lowest BCUT2D eigenvalue weighted by Gasteiger charge is -2.06. The van der Waals surface area contributed by atoms with Crippen LogP contribution >= 0.6 is 11.6 Å². The lowest BCUT2D eigenvalue weighted by Crippen LogP contribution is -2.22. The van der Waals surface area contributed by atoms with E-state index in [-0.39, 0.29) is 16.5 Å². The number of nitrogens with one attached hydrogen (secondary N) is 2. The molecule has 1 unspecified atom stereocenters. The van der Waals surface area contributed by atoms with Crippen molar-refractivity contribution in [3.8, 4) is 0 Å². The highest BCUT2D eigenvalue weighted by Gasteiger charge is 2.11. The highest BCUT2D eigenvalue weighted by molar-refractivity contribution is 6.20. The van der Waals surface area contributed by atoms with Crippen molar-refractivity contribution in [1.29, 1.82) is 0 Å². The highest BCUT2D eigenvalue weighted by Crippen LogP contribution is 2.11. The maximum atomic E-state index is 11.6. The van der Waals surface area contributed by atoms with Crippen LogP contribution in [0.4, 0.5) is 0 Å². The fourth-order valence-electron chi connectivity index (χ4n) is 1.51. The molecule has 94 valence electrons. The van der Waals surface area contributed by atoms with Gasteiger partial charge >= 0.3 is 11.7 Å². The molecule has 0 radical (unpaired) electrons. The molecule has 1 aromatic heterocycles. The quantitative estimate of drug-likeness (QED) is 0.627. The molecule has 2 aromatic rings. The third kappa shape index (κ3) is 2.43. The summed E-state index contributed by atoms with van der Waals surface area (Å²) in [6.45, 7) is 1.51. The van der Waals surface area contributed by atoms with Crippen LogP contribution in [-0.2, 0) is 4.74 Å². The minimum atomic E-state index is -0.758. The largest absolute Gasteiger partial charge is 0.443 e. The Hall–Kier alpha value is -2.08. The minimum absolute atomic E-state index is 0.205. The summed E-state index contributed by atoms with van der Waals surface area (Å²) in [6.07, 6.45) is 0. The number of esters is 1. The molecule has 0 fully saturated rings. The summed E-state index contributed by atoms with van der Waals surface area (Å²) in [6, 6.07) is 4.23. The Balaban J connectivity index is 2.54. The van der Waals surface area contributed by atoms with Crippen molar-refractivity contribution < 1.29 is 9.53 Å². The van der Waals surface area contributed by atoms with E-state index in [4.69, 9.17) is 16.3 Å². The number of rotatable bonds is 2. The third-order valence-corrected chi connectivity index (χ3v) is 2.33. The predicted octanol–water partition coefficient (Wildman–Crippen LogP) is 0.958. The van der Waals surface area contributed by atoms with Gasteiger partial charge in [-0.2, -0.15) is 0 Å². The van der Waals surface area contributed by atoms with Crippen LogP contribution in [-0.4, -0.2) is 21.5 Å². The third-order valence-electron chi connectivity index (χ3n) is 2.24. The van der Waals surface area contributed by atoms with Gasteiger partial charge in [0.05, 0.1) is 16.5 Å². The van der Waals surface area contributed by atoms with E-state index < -0.39 is 22.8 Å². The molecule has 2 rings (SSSR count). The van der Waals surface area contributed by atoms with Gasteiger partial charge in [-0.15, -0.1) is 0 Å². The van der Waals surface area contributed by atoms with Gasteiger partial charge in [0.15, 0.2) is 5.56 Å². The molecule has 0 saturated heterocycles. The van der Waals surface area contributed by atoms with E-state index in [0.29, 0.717) is 0 Å². The molecule has 1 aromatic carbocycles. The monoisotopic (exact) mass is 268 g/mol. The molecule has 0 aliphatic heterocycles. The van der Waals surface area contributed by atoms with Gasteiger partial charge < -0.3 is 9.72 Å². The van der Waals surface area contributed by atoms with Crippen LogP contribution in [0.3, 0.4) is 0 Å². The summed E-state index contributed by atoms with van der Waals surface area (Å²) in [4.78, 5) is 38.7. The Morgan fingerprint density at radius 2 is 2.06 bits per heavy atom. The van der Waals surface area contributed by atoms with E-state index >= 15 is 0 Å². The van der Waals surface area contributed by atoms with Crippen molar-refractivity contribution in [2.45, 2.75) is 12.5 Å². The number of hydrogen-bond acceptors (Lipinski definition) is 4. The number of ether oxygens (including phenoxy) is 1. The van der Waals surface area contributed by atoms with E-state index in [9.17, 15) is 14.4 Å². The Labute approximate surface area is 106 Å².